The first-order valence-corrected chi connectivity index (χ1v) is 8.07. The fourth-order valence-corrected chi connectivity index (χ4v) is 3.39. The van der Waals surface area contributed by atoms with Crippen molar-refractivity contribution in [1.29, 1.82) is 5.26 Å². The van der Waals surface area contributed by atoms with Crippen molar-refractivity contribution in [2.75, 3.05) is 5.75 Å². The van der Waals surface area contributed by atoms with Crippen molar-refractivity contribution >= 4 is 34.3 Å². The molecule has 1 heterocycles. The second-order valence-electron chi connectivity index (χ2n) is 5.44. The molecule has 0 N–H and O–H groups in total. The molecule has 0 unspecified atom stereocenters. The maximum atomic E-state index is 9.00. The second kappa shape index (κ2) is 6.47. The van der Waals surface area contributed by atoms with E-state index < -0.39 is 0 Å². The minimum atomic E-state index is -0.248. The summed E-state index contributed by atoms with van der Waals surface area (Å²) in [4.78, 5) is 4.44. The molecule has 4 heteroatoms. The lowest BCUT2D eigenvalue weighted by Crippen LogP contribution is -2.08. The lowest BCUT2D eigenvalue weighted by atomic mass is 9.93. The number of aromatic nitrogens is 1. The summed E-state index contributed by atoms with van der Waals surface area (Å²) in [5, 5.41) is 10.8. The number of nitriles is 1. The molecular formula is C16H17ClN2S. The van der Waals surface area contributed by atoms with E-state index in [-0.39, 0.29) is 5.41 Å². The second-order valence-corrected chi connectivity index (χ2v) is 6.98. The number of fused-ring (bicyclic) bond motifs is 1. The Morgan fingerprint density at radius 3 is 2.95 bits per heavy atom. The number of thioether (sulfide) groups is 1. The highest BCUT2D eigenvalue weighted by Gasteiger charge is 2.15. The summed E-state index contributed by atoms with van der Waals surface area (Å²) in [5.74, 6) is 1.83. The van der Waals surface area contributed by atoms with Crippen molar-refractivity contribution in [3.8, 4) is 6.07 Å². The standard InChI is InChI=1S/C16H17ClN2S/c1-16(2,11-18)5-7-20-10-13-9-14(17)8-12-4-3-6-19-15(12)13/h3-4,6,8-9H,5,7,10H2,1-2H3. The smallest absolute Gasteiger partial charge is 0.0743 e. The van der Waals surface area contributed by atoms with Gasteiger partial charge in [0.05, 0.1) is 17.0 Å². The molecule has 0 saturated heterocycles. The van der Waals surface area contributed by atoms with Gasteiger partial charge in [0.1, 0.15) is 0 Å². The molecule has 0 fully saturated rings. The summed E-state index contributed by atoms with van der Waals surface area (Å²) in [6, 6.07) is 10.2. The van der Waals surface area contributed by atoms with E-state index in [1.807, 2.05) is 56.1 Å². The van der Waals surface area contributed by atoms with E-state index in [4.69, 9.17) is 16.9 Å². The van der Waals surface area contributed by atoms with Gasteiger partial charge >= 0.3 is 0 Å². The van der Waals surface area contributed by atoms with Gasteiger partial charge in [-0.25, -0.2) is 0 Å². The molecule has 1 aromatic carbocycles. The molecule has 2 rings (SSSR count). The Morgan fingerprint density at radius 1 is 1.40 bits per heavy atom. The topological polar surface area (TPSA) is 36.7 Å². The Bertz CT molecular complexity index is 646. The largest absolute Gasteiger partial charge is 0.256 e. The first kappa shape index (κ1) is 15.2. The highest BCUT2D eigenvalue weighted by atomic mass is 35.5. The van der Waals surface area contributed by atoms with Crippen molar-refractivity contribution in [1.82, 2.24) is 4.98 Å². The van der Waals surface area contributed by atoms with Crippen LogP contribution < -0.4 is 0 Å². The van der Waals surface area contributed by atoms with Crippen LogP contribution in [-0.2, 0) is 5.75 Å². The quantitative estimate of drug-likeness (QED) is 0.724. The molecule has 0 aliphatic rings. The van der Waals surface area contributed by atoms with Gasteiger partial charge in [-0.05, 0) is 49.8 Å². The van der Waals surface area contributed by atoms with Crippen LogP contribution in [0.25, 0.3) is 10.9 Å². The number of rotatable bonds is 5. The van der Waals surface area contributed by atoms with Gasteiger partial charge in [0.2, 0.25) is 0 Å². The molecule has 20 heavy (non-hydrogen) atoms. The summed E-state index contributed by atoms with van der Waals surface area (Å²) in [7, 11) is 0. The van der Waals surface area contributed by atoms with E-state index in [2.05, 4.69) is 11.1 Å². The van der Waals surface area contributed by atoms with Crippen molar-refractivity contribution in [3.63, 3.8) is 0 Å². The van der Waals surface area contributed by atoms with Crippen LogP contribution in [0.3, 0.4) is 0 Å². The molecule has 0 saturated carbocycles. The molecule has 104 valence electrons. The minimum absolute atomic E-state index is 0.248. The Hall–Kier alpha value is -1.24. The zero-order chi connectivity index (χ0) is 14.6. The first-order chi connectivity index (χ1) is 9.52. The normalized spacial score (nSPS) is 11.5. The third kappa shape index (κ3) is 3.88. The number of benzene rings is 1. The van der Waals surface area contributed by atoms with Crippen LogP contribution in [0, 0.1) is 16.7 Å². The maximum Gasteiger partial charge on any atom is 0.0743 e. The van der Waals surface area contributed by atoms with Crippen LogP contribution in [0.4, 0.5) is 0 Å². The predicted octanol–water partition coefficient (Wildman–Crippen LogP) is 5.06. The fraction of sp³-hybridized carbons (Fsp3) is 0.375. The molecule has 2 aromatic rings. The van der Waals surface area contributed by atoms with E-state index in [0.29, 0.717) is 0 Å². The Balaban J connectivity index is 2.05. The van der Waals surface area contributed by atoms with Gasteiger partial charge in [-0.1, -0.05) is 17.7 Å². The first-order valence-electron chi connectivity index (χ1n) is 6.54. The number of pyridine rings is 1. The van der Waals surface area contributed by atoms with Gasteiger partial charge in [0.25, 0.3) is 0 Å². The molecule has 0 amide bonds. The van der Waals surface area contributed by atoms with Crippen molar-refractivity contribution in [2.45, 2.75) is 26.0 Å². The summed E-state index contributed by atoms with van der Waals surface area (Å²) in [5.41, 5.74) is 1.93. The third-order valence-electron chi connectivity index (χ3n) is 3.18. The van der Waals surface area contributed by atoms with Crippen LogP contribution in [0.15, 0.2) is 30.5 Å². The molecule has 0 atom stereocenters. The highest BCUT2D eigenvalue weighted by molar-refractivity contribution is 7.98. The van der Waals surface area contributed by atoms with Gasteiger partial charge in [0, 0.05) is 22.4 Å². The summed E-state index contributed by atoms with van der Waals surface area (Å²) in [6.07, 6.45) is 2.70. The lowest BCUT2D eigenvalue weighted by Gasteiger charge is -2.14. The van der Waals surface area contributed by atoms with E-state index in [0.717, 1.165) is 39.4 Å². The van der Waals surface area contributed by atoms with Gasteiger partial charge in [-0.15, -0.1) is 0 Å². The molecular weight excluding hydrogens is 288 g/mol. The summed E-state index contributed by atoms with van der Waals surface area (Å²) in [6.45, 7) is 3.95. The minimum Gasteiger partial charge on any atom is -0.256 e. The van der Waals surface area contributed by atoms with Crippen molar-refractivity contribution < 1.29 is 0 Å². The van der Waals surface area contributed by atoms with Gasteiger partial charge < -0.3 is 0 Å². The average Bonchev–Trinajstić information content (AvgIpc) is 2.43. The van der Waals surface area contributed by atoms with Crippen LogP contribution in [-0.4, -0.2) is 10.7 Å². The molecule has 1 aromatic heterocycles. The Morgan fingerprint density at radius 2 is 2.20 bits per heavy atom. The van der Waals surface area contributed by atoms with Gasteiger partial charge in [-0.3, -0.25) is 4.98 Å². The Labute approximate surface area is 129 Å². The summed E-state index contributed by atoms with van der Waals surface area (Å²) >= 11 is 7.97. The van der Waals surface area contributed by atoms with Crippen molar-refractivity contribution in [2.24, 2.45) is 5.41 Å². The molecule has 0 aliphatic heterocycles. The molecule has 0 radical (unpaired) electrons. The van der Waals surface area contributed by atoms with E-state index in [1.54, 1.807) is 0 Å². The molecule has 0 spiro atoms. The number of halogens is 1. The Kier molecular flexibility index (Phi) is 4.91. The van der Waals surface area contributed by atoms with E-state index in [9.17, 15) is 0 Å². The van der Waals surface area contributed by atoms with E-state index in [1.165, 1.54) is 0 Å². The fourth-order valence-electron chi connectivity index (χ4n) is 1.90. The molecule has 0 aliphatic carbocycles. The van der Waals surface area contributed by atoms with Crippen LogP contribution in [0.1, 0.15) is 25.8 Å². The maximum absolute atomic E-state index is 9.00. The number of hydrogen-bond donors (Lipinski definition) is 0. The third-order valence-corrected chi connectivity index (χ3v) is 4.41. The summed E-state index contributed by atoms with van der Waals surface area (Å²) < 4.78 is 0. The average molecular weight is 305 g/mol. The SMILES string of the molecule is CC(C)(C#N)CCSCc1cc(Cl)cc2cccnc12. The lowest BCUT2D eigenvalue weighted by molar-refractivity contribution is 0.482. The van der Waals surface area contributed by atoms with Crippen LogP contribution in [0.5, 0.6) is 0 Å². The zero-order valence-corrected chi connectivity index (χ0v) is 13.3. The van der Waals surface area contributed by atoms with Gasteiger partial charge in [0.15, 0.2) is 0 Å². The van der Waals surface area contributed by atoms with Crippen LogP contribution in [0.2, 0.25) is 5.02 Å². The predicted molar refractivity (Wildman–Crippen MR) is 86.9 cm³/mol. The van der Waals surface area contributed by atoms with Gasteiger partial charge in [-0.2, -0.15) is 17.0 Å². The monoisotopic (exact) mass is 304 g/mol. The van der Waals surface area contributed by atoms with Crippen LogP contribution >= 0.6 is 23.4 Å². The number of hydrogen-bond acceptors (Lipinski definition) is 3. The van der Waals surface area contributed by atoms with E-state index >= 15 is 0 Å². The van der Waals surface area contributed by atoms with Crippen molar-refractivity contribution in [3.05, 3.63) is 41.0 Å². The molecule has 2 nitrogen and oxygen atoms in total. The zero-order valence-electron chi connectivity index (χ0n) is 11.7. The molecule has 0 bridgehead atoms. The highest BCUT2D eigenvalue weighted by Crippen LogP contribution is 2.27. The number of nitrogens with zero attached hydrogens (tertiary/aromatic N) is 2.